The molecule has 132 valence electrons. The Morgan fingerprint density at radius 3 is 2.62 bits per heavy atom. The standard InChI is InChI=1S/C19H28N2O3/c22-14-15-6-10-21(11-7-15)13-16-4-3-5-17(12-16)20-18(23)19(24)8-1-2-9-19/h3-5,12,15,22,24H,1-2,6-11,13-14H2,(H,20,23). The monoisotopic (exact) mass is 332 g/mol. The van der Waals surface area contributed by atoms with Crippen LogP contribution in [0.4, 0.5) is 5.69 Å². The highest BCUT2D eigenvalue weighted by Crippen LogP contribution is 2.30. The minimum Gasteiger partial charge on any atom is -0.396 e. The third-order valence-electron chi connectivity index (χ3n) is 5.41. The lowest BCUT2D eigenvalue weighted by atomic mass is 9.97. The Morgan fingerprint density at radius 2 is 1.96 bits per heavy atom. The topological polar surface area (TPSA) is 72.8 Å². The van der Waals surface area contributed by atoms with Crippen molar-refractivity contribution in [1.82, 2.24) is 4.90 Å². The zero-order chi connectivity index (χ0) is 17.0. The van der Waals surface area contributed by atoms with Gasteiger partial charge in [0.05, 0.1) is 0 Å². The summed E-state index contributed by atoms with van der Waals surface area (Å²) in [5, 5.41) is 22.5. The van der Waals surface area contributed by atoms with Gasteiger partial charge in [0, 0.05) is 18.8 Å². The number of hydrogen-bond donors (Lipinski definition) is 3. The Labute approximate surface area is 143 Å². The van der Waals surface area contributed by atoms with Crippen LogP contribution in [0.5, 0.6) is 0 Å². The van der Waals surface area contributed by atoms with Crippen molar-refractivity contribution in [2.45, 2.75) is 50.7 Å². The van der Waals surface area contributed by atoms with Crippen LogP contribution in [-0.4, -0.2) is 46.3 Å². The molecule has 3 rings (SSSR count). The minimum absolute atomic E-state index is 0.277. The Kier molecular flexibility index (Phi) is 5.54. The first-order chi connectivity index (χ1) is 11.6. The number of piperidine rings is 1. The van der Waals surface area contributed by atoms with Crippen molar-refractivity contribution < 1.29 is 15.0 Å². The van der Waals surface area contributed by atoms with Gasteiger partial charge < -0.3 is 15.5 Å². The SMILES string of the molecule is O=C(Nc1cccc(CN2CCC(CO)CC2)c1)C1(O)CCCC1. The van der Waals surface area contributed by atoms with Crippen LogP contribution in [0.1, 0.15) is 44.1 Å². The molecule has 1 heterocycles. The summed E-state index contributed by atoms with van der Waals surface area (Å²) in [6.07, 6.45) is 5.01. The quantitative estimate of drug-likeness (QED) is 0.772. The number of aliphatic hydroxyl groups is 2. The van der Waals surface area contributed by atoms with E-state index in [2.05, 4.69) is 16.3 Å². The summed E-state index contributed by atoms with van der Waals surface area (Å²) >= 11 is 0. The highest BCUT2D eigenvalue weighted by Gasteiger charge is 2.38. The van der Waals surface area contributed by atoms with Crippen LogP contribution in [0.2, 0.25) is 0 Å². The van der Waals surface area contributed by atoms with Crippen LogP contribution in [-0.2, 0) is 11.3 Å². The third kappa shape index (κ3) is 4.15. The number of hydrogen-bond acceptors (Lipinski definition) is 4. The van der Waals surface area contributed by atoms with Crippen molar-refractivity contribution in [3.63, 3.8) is 0 Å². The molecule has 1 amide bonds. The fourth-order valence-electron chi connectivity index (χ4n) is 3.77. The lowest BCUT2D eigenvalue weighted by Crippen LogP contribution is -2.40. The summed E-state index contributed by atoms with van der Waals surface area (Å²) in [6, 6.07) is 7.88. The number of carbonyl (C=O) groups is 1. The average molecular weight is 332 g/mol. The molecule has 0 spiro atoms. The highest BCUT2D eigenvalue weighted by molar-refractivity contribution is 5.97. The maximum absolute atomic E-state index is 12.3. The first kappa shape index (κ1) is 17.4. The molecule has 1 aromatic carbocycles. The van der Waals surface area contributed by atoms with Crippen LogP contribution < -0.4 is 5.32 Å². The molecule has 2 fully saturated rings. The van der Waals surface area contributed by atoms with Crippen molar-refractivity contribution in [2.24, 2.45) is 5.92 Å². The van der Waals surface area contributed by atoms with Crippen LogP contribution in [0.15, 0.2) is 24.3 Å². The van der Waals surface area contributed by atoms with E-state index in [1.807, 2.05) is 18.2 Å². The maximum atomic E-state index is 12.3. The second-order valence-corrected chi connectivity index (χ2v) is 7.30. The number of rotatable bonds is 5. The van der Waals surface area contributed by atoms with E-state index in [1.54, 1.807) is 0 Å². The van der Waals surface area contributed by atoms with Gasteiger partial charge in [-0.1, -0.05) is 12.1 Å². The third-order valence-corrected chi connectivity index (χ3v) is 5.41. The van der Waals surface area contributed by atoms with E-state index in [-0.39, 0.29) is 12.5 Å². The van der Waals surface area contributed by atoms with Gasteiger partial charge >= 0.3 is 0 Å². The van der Waals surface area contributed by atoms with Crippen LogP contribution in [0, 0.1) is 5.92 Å². The average Bonchev–Trinajstić information content (AvgIpc) is 3.04. The number of nitrogens with one attached hydrogen (secondary N) is 1. The number of aliphatic hydroxyl groups excluding tert-OH is 1. The molecule has 1 aliphatic heterocycles. The molecule has 1 saturated heterocycles. The van der Waals surface area contributed by atoms with Crippen molar-refractivity contribution in [1.29, 1.82) is 0 Å². The molecular weight excluding hydrogens is 304 g/mol. The Balaban J connectivity index is 1.57. The Morgan fingerprint density at radius 1 is 1.25 bits per heavy atom. The molecule has 0 unspecified atom stereocenters. The second kappa shape index (κ2) is 7.64. The van der Waals surface area contributed by atoms with E-state index >= 15 is 0 Å². The lowest BCUT2D eigenvalue weighted by molar-refractivity contribution is -0.133. The number of nitrogens with zero attached hydrogens (tertiary/aromatic N) is 1. The van der Waals surface area contributed by atoms with Gasteiger partial charge in [-0.05, 0) is 75.2 Å². The van der Waals surface area contributed by atoms with Crippen molar-refractivity contribution in [2.75, 3.05) is 25.0 Å². The molecular formula is C19H28N2O3. The molecule has 1 aromatic rings. The summed E-state index contributed by atoms with van der Waals surface area (Å²) < 4.78 is 0. The van der Waals surface area contributed by atoms with Gasteiger partial charge in [-0.2, -0.15) is 0 Å². The molecule has 0 radical (unpaired) electrons. The van der Waals surface area contributed by atoms with Crippen LogP contribution in [0.3, 0.4) is 0 Å². The molecule has 1 aliphatic carbocycles. The number of carbonyl (C=O) groups excluding carboxylic acids is 1. The second-order valence-electron chi connectivity index (χ2n) is 7.30. The smallest absolute Gasteiger partial charge is 0.256 e. The Hall–Kier alpha value is -1.43. The molecule has 5 nitrogen and oxygen atoms in total. The van der Waals surface area contributed by atoms with E-state index in [4.69, 9.17) is 0 Å². The zero-order valence-corrected chi connectivity index (χ0v) is 14.2. The van der Waals surface area contributed by atoms with Crippen LogP contribution >= 0.6 is 0 Å². The van der Waals surface area contributed by atoms with E-state index in [0.29, 0.717) is 18.8 Å². The predicted molar refractivity (Wildman–Crippen MR) is 93.6 cm³/mol. The summed E-state index contributed by atoms with van der Waals surface area (Å²) in [6.45, 7) is 3.15. The molecule has 24 heavy (non-hydrogen) atoms. The Bertz CT molecular complexity index is 561. The molecule has 0 aromatic heterocycles. The first-order valence-corrected chi connectivity index (χ1v) is 9.05. The molecule has 5 heteroatoms. The fraction of sp³-hybridized carbons (Fsp3) is 0.632. The molecule has 1 saturated carbocycles. The maximum Gasteiger partial charge on any atom is 0.256 e. The predicted octanol–water partition coefficient (Wildman–Crippen LogP) is 2.13. The lowest BCUT2D eigenvalue weighted by Gasteiger charge is -2.31. The minimum atomic E-state index is -1.19. The van der Waals surface area contributed by atoms with Gasteiger partial charge in [-0.25, -0.2) is 0 Å². The summed E-state index contributed by atoms with van der Waals surface area (Å²) in [7, 11) is 0. The van der Waals surface area contributed by atoms with Gasteiger partial charge in [0.15, 0.2) is 0 Å². The molecule has 0 atom stereocenters. The molecule has 2 aliphatic rings. The van der Waals surface area contributed by atoms with E-state index in [9.17, 15) is 15.0 Å². The van der Waals surface area contributed by atoms with Gasteiger partial charge in [0.1, 0.15) is 5.60 Å². The van der Waals surface area contributed by atoms with E-state index in [1.165, 1.54) is 0 Å². The molecule has 0 bridgehead atoms. The first-order valence-electron chi connectivity index (χ1n) is 9.05. The number of anilines is 1. The highest BCUT2D eigenvalue weighted by atomic mass is 16.3. The van der Waals surface area contributed by atoms with Gasteiger partial charge in [-0.3, -0.25) is 9.69 Å². The van der Waals surface area contributed by atoms with Crippen molar-refractivity contribution >= 4 is 11.6 Å². The summed E-state index contributed by atoms with van der Waals surface area (Å²) in [5.74, 6) is 0.167. The van der Waals surface area contributed by atoms with E-state index < -0.39 is 5.60 Å². The van der Waals surface area contributed by atoms with E-state index in [0.717, 1.165) is 56.6 Å². The molecule has 3 N–H and O–H groups in total. The van der Waals surface area contributed by atoms with Crippen molar-refractivity contribution in [3.8, 4) is 0 Å². The number of amides is 1. The fourth-order valence-corrected chi connectivity index (χ4v) is 3.77. The van der Waals surface area contributed by atoms with Crippen molar-refractivity contribution in [3.05, 3.63) is 29.8 Å². The van der Waals surface area contributed by atoms with Crippen LogP contribution in [0.25, 0.3) is 0 Å². The zero-order valence-electron chi connectivity index (χ0n) is 14.2. The van der Waals surface area contributed by atoms with Gasteiger partial charge in [-0.15, -0.1) is 0 Å². The summed E-state index contributed by atoms with van der Waals surface area (Å²) in [4.78, 5) is 14.7. The summed E-state index contributed by atoms with van der Waals surface area (Å²) in [5.41, 5.74) is 0.721. The largest absolute Gasteiger partial charge is 0.396 e. The number of likely N-dealkylation sites (tertiary alicyclic amines) is 1. The normalized spacial score (nSPS) is 21.8. The number of benzene rings is 1. The van der Waals surface area contributed by atoms with Gasteiger partial charge in [0.2, 0.25) is 0 Å². The van der Waals surface area contributed by atoms with Gasteiger partial charge in [0.25, 0.3) is 5.91 Å².